The molecule has 0 aliphatic heterocycles. The van der Waals surface area contributed by atoms with Crippen LogP contribution in [0.4, 0.5) is 0 Å². The molecular formula is C14H16ClN5O2S. The topological polar surface area (TPSA) is 88.9 Å². The second-order valence-electron chi connectivity index (χ2n) is 4.58. The van der Waals surface area contributed by atoms with Crippen LogP contribution in [0.5, 0.6) is 0 Å². The molecule has 0 aliphatic carbocycles. The molecule has 0 bridgehead atoms. The fourth-order valence-corrected chi connectivity index (χ4v) is 2.75. The number of aromatic nitrogens is 3. The Morgan fingerprint density at radius 1 is 1.22 bits per heavy atom. The Morgan fingerprint density at radius 2 is 1.91 bits per heavy atom. The number of nitrogens with one attached hydrogen (secondary N) is 2. The zero-order valence-electron chi connectivity index (χ0n) is 12.7. The van der Waals surface area contributed by atoms with Crippen LogP contribution in [-0.4, -0.2) is 32.3 Å². The first-order valence-electron chi connectivity index (χ1n) is 6.88. The smallest absolute Gasteiger partial charge is 0.248 e. The van der Waals surface area contributed by atoms with Crippen molar-refractivity contribution in [1.29, 1.82) is 0 Å². The van der Waals surface area contributed by atoms with Crippen LogP contribution in [0, 0.1) is 0 Å². The summed E-state index contributed by atoms with van der Waals surface area (Å²) in [6, 6.07) is 7.32. The molecule has 0 spiro atoms. The summed E-state index contributed by atoms with van der Waals surface area (Å²) in [5.74, 6) is 0.196. The van der Waals surface area contributed by atoms with Crippen LogP contribution in [-0.2, 0) is 16.1 Å². The van der Waals surface area contributed by atoms with Crippen molar-refractivity contribution in [2.24, 2.45) is 0 Å². The second-order valence-corrected chi connectivity index (χ2v) is 5.95. The molecule has 0 aliphatic rings. The summed E-state index contributed by atoms with van der Waals surface area (Å²) in [5, 5.41) is 9.60. The lowest BCUT2D eigenvalue weighted by Crippen LogP contribution is -2.41. The quantitative estimate of drug-likeness (QED) is 0.633. The van der Waals surface area contributed by atoms with Crippen LogP contribution in [0.3, 0.4) is 0 Å². The van der Waals surface area contributed by atoms with Crippen molar-refractivity contribution in [3.05, 3.63) is 29.3 Å². The highest BCUT2D eigenvalue weighted by Crippen LogP contribution is 2.24. The van der Waals surface area contributed by atoms with Gasteiger partial charge < -0.3 is 4.57 Å². The number of hydrazine groups is 1. The highest BCUT2D eigenvalue weighted by atomic mass is 35.5. The zero-order valence-corrected chi connectivity index (χ0v) is 14.2. The number of nitrogens with zero attached hydrogens (tertiary/aromatic N) is 3. The van der Waals surface area contributed by atoms with Crippen molar-refractivity contribution in [2.45, 2.75) is 25.5 Å². The molecule has 2 amide bonds. The van der Waals surface area contributed by atoms with Gasteiger partial charge in [0.25, 0.3) is 0 Å². The normalized spacial score (nSPS) is 10.4. The number of hydrogen-bond acceptors (Lipinski definition) is 5. The third-order valence-electron chi connectivity index (χ3n) is 2.85. The molecule has 1 aromatic carbocycles. The van der Waals surface area contributed by atoms with Crippen molar-refractivity contribution < 1.29 is 9.59 Å². The molecule has 122 valence electrons. The molecule has 7 nitrogen and oxygen atoms in total. The van der Waals surface area contributed by atoms with Gasteiger partial charge in [-0.1, -0.05) is 23.4 Å². The van der Waals surface area contributed by atoms with E-state index in [1.54, 1.807) is 12.1 Å². The number of carbonyl (C=O) groups is 2. The predicted octanol–water partition coefficient (Wildman–Crippen LogP) is 1.88. The monoisotopic (exact) mass is 353 g/mol. The fraction of sp³-hybridized carbons (Fsp3) is 0.286. The predicted molar refractivity (Wildman–Crippen MR) is 88.8 cm³/mol. The minimum atomic E-state index is -0.329. The maximum Gasteiger partial charge on any atom is 0.248 e. The lowest BCUT2D eigenvalue weighted by Gasteiger charge is -2.08. The number of carbonyl (C=O) groups excluding carboxylic acids is 2. The van der Waals surface area contributed by atoms with Crippen molar-refractivity contribution >= 4 is 35.2 Å². The summed E-state index contributed by atoms with van der Waals surface area (Å²) < 4.78 is 1.92. The molecule has 0 atom stereocenters. The van der Waals surface area contributed by atoms with Gasteiger partial charge in [-0.3, -0.25) is 20.4 Å². The van der Waals surface area contributed by atoms with Gasteiger partial charge in [0.1, 0.15) is 0 Å². The molecule has 2 rings (SSSR count). The number of hydrogen-bond donors (Lipinski definition) is 2. The Hall–Kier alpha value is -2.06. The summed E-state index contributed by atoms with van der Waals surface area (Å²) in [6.07, 6.45) is 0. The largest absolute Gasteiger partial charge is 0.302 e. The third-order valence-corrected chi connectivity index (χ3v) is 4.06. The van der Waals surface area contributed by atoms with Gasteiger partial charge in [-0.15, -0.1) is 10.2 Å². The minimum Gasteiger partial charge on any atom is -0.302 e. The van der Waals surface area contributed by atoms with Crippen LogP contribution >= 0.6 is 23.4 Å². The average Bonchev–Trinajstić information content (AvgIpc) is 2.94. The lowest BCUT2D eigenvalue weighted by atomic mass is 10.2. The van der Waals surface area contributed by atoms with Crippen LogP contribution < -0.4 is 10.9 Å². The van der Waals surface area contributed by atoms with Crippen molar-refractivity contribution in [3.8, 4) is 11.4 Å². The van der Waals surface area contributed by atoms with Gasteiger partial charge in [0.2, 0.25) is 11.8 Å². The van der Waals surface area contributed by atoms with Gasteiger partial charge in [0.05, 0.1) is 5.75 Å². The Balaban J connectivity index is 2.07. The summed E-state index contributed by atoms with van der Waals surface area (Å²) in [5.41, 5.74) is 5.44. The Bertz CT molecular complexity index is 702. The van der Waals surface area contributed by atoms with Gasteiger partial charge in [-0.2, -0.15) is 0 Å². The molecule has 1 heterocycles. The Kier molecular flexibility index (Phi) is 6.00. The molecule has 23 heavy (non-hydrogen) atoms. The fourth-order valence-electron chi connectivity index (χ4n) is 1.82. The highest BCUT2D eigenvalue weighted by molar-refractivity contribution is 7.99. The lowest BCUT2D eigenvalue weighted by molar-refractivity contribution is -0.126. The first kappa shape index (κ1) is 17.3. The number of rotatable bonds is 5. The summed E-state index contributed by atoms with van der Waals surface area (Å²) >= 11 is 7.14. The van der Waals surface area contributed by atoms with E-state index in [-0.39, 0.29) is 17.6 Å². The number of halogens is 1. The molecule has 0 saturated heterocycles. The highest BCUT2D eigenvalue weighted by Gasteiger charge is 2.14. The first-order valence-corrected chi connectivity index (χ1v) is 8.25. The van der Waals surface area contributed by atoms with Crippen LogP contribution in [0.15, 0.2) is 29.4 Å². The SMILES string of the molecule is CCn1c(SCC(=O)NNC(C)=O)nnc1-c1ccc(Cl)cc1. The molecule has 2 aromatic rings. The van der Waals surface area contributed by atoms with Gasteiger partial charge in [0, 0.05) is 24.1 Å². The van der Waals surface area contributed by atoms with Crippen LogP contribution in [0.2, 0.25) is 5.02 Å². The Labute approximate surface area is 142 Å². The number of thioether (sulfide) groups is 1. The number of amides is 2. The maximum absolute atomic E-state index is 11.6. The molecule has 1 aromatic heterocycles. The second kappa shape index (κ2) is 7.98. The molecule has 0 fully saturated rings. The molecule has 0 saturated carbocycles. The summed E-state index contributed by atoms with van der Waals surface area (Å²) in [7, 11) is 0. The van der Waals surface area contributed by atoms with E-state index < -0.39 is 0 Å². The summed E-state index contributed by atoms with van der Waals surface area (Å²) in [6.45, 7) is 3.96. The van der Waals surface area contributed by atoms with E-state index >= 15 is 0 Å². The molecule has 0 unspecified atom stereocenters. The minimum absolute atomic E-state index is 0.124. The molecular weight excluding hydrogens is 338 g/mol. The Morgan fingerprint density at radius 3 is 2.52 bits per heavy atom. The molecule has 2 N–H and O–H groups in total. The van der Waals surface area contributed by atoms with Crippen LogP contribution in [0.1, 0.15) is 13.8 Å². The van der Waals surface area contributed by atoms with Gasteiger partial charge in [-0.05, 0) is 31.2 Å². The van der Waals surface area contributed by atoms with Gasteiger partial charge in [0.15, 0.2) is 11.0 Å². The van der Waals surface area contributed by atoms with E-state index in [0.717, 1.165) is 5.56 Å². The maximum atomic E-state index is 11.6. The van der Waals surface area contributed by atoms with Crippen LogP contribution in [0.25, 0.3) is 11.4 Å². The molecule has 0 radical (unpaired) electrons. The standard InChI is InChI=1S/C14H16ClN5O2S/c1-3-20-13(10-4-6-11(15)7-5-10)18-19-14(20)23-8-12(22)17-16-9(2)21/h4-7H,3,8H2,1-2H3,(H,16,21)(H,17,22). The van der Waals surface area contributed by atoms with Gasteiger partial charge >= 0.3 is 0 Å². The van der Waals surface area contributed by atoms with E-state index in [9.17, 15) is 9.59 Å². The summed E-state index contributed by atoms with van der Waals surface area (Å²) in [4.78, 5) is 22.4. The van der Waals surface area contributed by atoms with E-state index in [1.807, 2.05) is 23.6 Å². The van der Waals surface area contributed by atoms with Crippen molar-refractivity contribution in [3.63, 3.8) is 0 Å². The van der Waals surface area contributed by atoms with E-state index in [4.69, 9.17) is 11.6 Å². The average molecular weight is 354 g/mol. The third kappa shape index (κ3) is 4.70. The molecule has 9 heteroatoms. The van der Waals surface area contributed by atoms with E-state index in [1.165, 1.54) is 18.7 Å². The van der Waals surface area contributed by atoms with E-state index in [0.29, 0.717) is 22.5 Å². The van der Waals surface area contributed by atoms with E-state index in [2.05, 4.69) is 21.0 Å². The first-order chi connectivity index (χ1) is 11.0. The van der Waals surface area contributed by atoms with Gasteiger partial charge in [-0.25, -0.2) is 0 Å². The van der Waals surface area contributed by atoms with Crippen molar-refractivity contribution in [1.82, 2.24) is 25.6 Å². The number of benzene rings is 1. The zero-order chi connectivity index (χ0) is 16.8. The van der Waals surface area contributed by atoms with Crippen molar-refractivity contribution in [2.75, 3.05) is 5.75 Å².